The van der Waals surface area contributed by atoms with E-state index in [1.165, 1.54) is 43.4 Å². The number of hydrogen-bond donors (Lipinski definition) is 2. The Morgan fingerprint density at radius 3 is 2.15 bits per heavy atom. The van der Waals surface area contributed by atoms with Crippen molar-refractivity contribution < 1.29 is 19.7 Å². The van der Waals surface area contributed by atoms with Gasteiger partial charge in [-0.15, -0.1) is 11.3 Å². The third-order valence-corrected chi connectivity index (χ3v) is 5.44. The Morgan fingerprint density at radius 2 is 1.59 bits per heavy atom. The molecule has 1 aromatic heterocycles. The highest BCUT2D eigenvalue weighted by molar-refractivity contribution is 7.15. The minimum absolute atomic E-state index is 0.128. The van der Waals surface area contributed by atoms with Crippen LogP contribution in [0, 0.1) is 6.92 Å². The van der Waals surface area contributed by atoms with Gasteiger partial charge in [0.2, 0.25) is 0 Å². The van der Waals surface area contributed by atoms with E-state index in [1.54, 1.807) is 6.92 Å². The number of ether oxygens (including phenoxy) is 1. The van der Waals surface area contributed by atoms with Crippen molar-refractivity contribution in [2.75, 3.05) is 13.2 Å². The smallest absolute Gasteiger partial charge is 0.355 e. The maximum Gasteiger partial charge on any atom is 0.355 e. The summed E-state index contributed by atoms with van der Waals surface area (Å²) < 4.78 is 5.78. The maximum absolute atomic E-state index is 11.1. The summed E-state index contributed by atoms with van der Waals surface area (Å²) in [5, 5.41) is 18.6. The molecule has 0 aliphatic rings. The molecule has 0 aliphatic heterocycles. The van der Waals surface area contributed by atoms with Gasteiger partial charge in [-0.3, -0.25) is 0 Å². The molecule has 0 unspecified atom stereocenters. The summed E-state index contributed by atoms with van der Waals surface area (Å²) in [4.78, 5) is 16.0. The second-order valence-electron chi connectivity index (χ2n) is 6.65. The van der Waals surface area contributed by atoms with E-state index in [1.807, 2.05) is 24.3 Å². The highest BCUT2D eigenvalue weighted by Gasteiger charge is 2.15. The largest absolute Gasteiger partial charge is 0.494 e. The monoisotopic (exact) mass is 391 g/mol. The topological polar surface area (TPSA) is 79.7 Å². The molecular weight excluding hydrogens is 362 g/mol. The lowest BCUT2D eigenvalue weighted by Crippen LogP contribution is -1.98. The van der Waals surface area contributed by atoms with E-state index in [9.17, 15) is 4.79 Å². The van der Waals surface area contributed by atoms with Gasteiger partial charge in [-0.2, -0.15) is 0 Å². The van der Waals surface area contributed by atoms with Gasteiger partial charge in [-0.25, -0.2) is 9.78 Å². The number of carboxylic acids is 1. The molecule has 0 fully saturated rings. The van der Waals surface area contributed by atoms with Gasteiger partial charge in [0.05, 0.1) is 6.61 Å². The number of aromatic carboxylic acids is 1. The van der Waals surface area contributed by atoms with Crippen LogP contribution in [0.15, 0.2) is 24.3 Å². The third-order valence-electron chi connectivity index (χ3n) is 4.42. The number of carbonyl (C=O) groups is 1. The molecule has 0 radical (unpaired) electrons. The number of carboxylic acid groups (broad SMARTS) is 1. The first-order chi connectivity index (χ1) is 13.1. The van der Waals surface area contributed by atoms with Crippen LogP contribution in [0.3, 0.4) is 0 Å². The van der Waals surface area contributed by atoms with Gasteiger partial charge in [-0.05, 0) is 44.0 Å². The van der Waals surface area contributed by atoms with E-state index >= 15 is 0 Å². The number of thiazole rings is 1. The summed E-state index contributed by atoms with van der Waals surface area (Å²) in [6.45, 7) is 2.80. The average molecular weight is 392 g/mol. The van der Waals surface area contributed by atoms with Gasteiger partial charge < -0.3 is 14.9 Å². The Morgan fingerprint density at radius 1 is 1.00 bits per heavy atom. The van der Waals surface area contributed by atoms with Gasteiger partial charge in [0, 0.05) is 17.0 Å². The number of rotatable bonds is 13. The molecule has 1 heterocycles. The highest BCUT2D eigenvalue weighted by Crippen LogP contribution is 2.29. The number of aryl methyl sites for hydroxylation is 1. The van der Waals surface area contributed by atoms with Crippen molar-refractivity contribution in [1.82, 2.24) is 4.98 Å². The van der Waals surface area contributed by atoms with Crippen LogP contribution in [0.25, 0.3) is 10.6 Å². The number of hydrogen-bond acceptors (Lipinski definition) is 5. The lowest BCUT2D eigenvalue weighted by Gasteiger charge is -2.07. The second-order valence-corrected chi connectivity index (χ2v) is 7.86. The molecule has 0 amide bonds. The van der Waals surface area contributed by atoms with Crippen molar-refractivity contribution in [3.8, 4) is 16.3 Å². The molecule has 0 atom stereocenters. The van der Waals surface area contributed by atoms with Gasteiger partial charge in [0.15, 0.2) is 5.69 Å². The zero-order chi connectivity index (χ0) is 19.5. The van der Waals surface area contributed by atoms with Crippen LogP contribution >= 0.6 is 11.3 Å². The van der Waals surface area contributed by atoms with Crippen molar-refractivity contribution in [2.24, 2.45) is 0 Å². The van der Waals surface area contributed by atoms with Gasteiger partial charge in [0.1, 0.15) is 10.8 Å². The Hall–Kier alpha value is -1.92. The van der Waals surface area contributed by atoms with Crippen molar-refractivity contribution in [1.29, 1.82) is 0 Å². The summed E-state index contributed by atoms with van der Waals surface area (Å²) in [6.07, 6.45) is 9.24. The fourth-order valence-corrected chi connectivity index (χ4v) is 3.79. The fraction of sp³-hybridized carbons (Fsp3) is 0.524. The Labute approximate surface area is 165 Å². The van der Waals surface area contributed by atoms with Crippen LogP contribution in [0.4, 0.5) is 0 Å². The van der Waals surface area contributed by atoms with Gasteiger partial charge in [0.25, 0.3) is 0 Å². The molecule has 27 heavy (non-hydrogen) atoms. The van der Waals surface area contributed by atoms with Crippen LogP contribution in [0.2, 0.25) is 0 Å². The highest BCUT2D eigenvalue weighted by atomic mass is 32.1. The molecule has 2 N–H and O–H groups in total. The summed E-state index contributed by atoms with van der Waals surface area (Å²) in [5.74, 6) is -0.158. The summed E-state index contributed by atoms with van der Waals surface area (Å²) in [7, 11) is 0. The molecule has 0 spiro atoms. The minimum Gasteiger partial charge on any atom is -0.494 e. The number of unbranched alkanes of at least 4 members (excludes halogenated alkanes) is 7. The molecule has 6 heteroatoms. The molecule has 2 rings (SSSR count). The molecule has 0 bridgehead atoms. The molecule has 5 nitrogen and oxygen atoms in total. The van der Waals surface area contributed by atoms with Gasteiger partial charge in [-0.1, -0.05) is 38.5 Å². The number of benzene rings is 1. The van der Waals surface area contributed by atoms with Crippen LogP contribution in [-0.2, 0) is 0 Å². The Bertz CT molecular complexity index is 697. The second kappa shape index (κ2) is 11.7. The van der Waals surface area contributed by atoms with E-state index in [2.05, 4.69) is 4.98 Å². The summed E-state index contributed by atoms with van der Waals surface area (Å²) in [6, 6.07) is 7.67. The molecule has 148 valence electrons. The standard InChI is InChI=1S/C21H29NO4S/c1-16-19(21(24)25)22-20(27-16)17-10-12-18(13-11-17)26-15-9-7-5-3-2-4-6-8-14-23/h10-13,23H,2-9,14-15H2,1H3,(H,24,25). The fourth-order valence-electron chi connectivity index (χ4n) is 2.88. The Balaban J connectivity index is 1.66. The number of aliphatic hydroxyl groups excluding tert-OH is 1. The van der Waals surface area contributed by atoms with E-state index in [0.717, 1.165) is 35.6 Å². The minimum atomic E-state index is -0.986. The molecule has 0 aliphatic carbocycles. The summed E-state index contributed by atoms with van der Waals surface area (Å²) in [5.41, 5.74) is 1.04. The lowest BCUT2D eigenvalue weighted by molar-refractivity contribution is 0.0690. The molecule has 2 aromatic rings. The predicted octanol–water partition coefficient (Wildman–Crippen LogP) is 5.31. The first kappa shape index (κ1) is 21.4. The average Bonchev–Trinajstić information content (AvgIpc) is 3.06. The normalized spacial score (nSPS) is 10.9. The quantitative estimate of drug-likeness (QED) is 0.452. The van der Waals surface area contributed by atoms with Crippen molar-refractivity contribution in [3.63, 3.8) is 0 Å². The van der Waals surface area contributed by atoms with Crippen LogP contribution < -0.4 is 4.74 Å². The van der Waals surface area contributed by atoms with E-state index in [0.29, 0.717) is 18.1 Å². The van der Waals surface area contributed by atoms with Gasteiger partial charge >= 0.3 is 5.97 Å². The predicted molar refractivity (Wildman–Crippen MR) is 109 cm³/mol. The first-order valence-corrected chi connectivity index (χ1v) is 10.5. The number of aliphatic hydroxyl groups is 1. The van der Waals surface area contributed by atoms with Crippen molar-refractivity contribution >= 4 is 17.3 Å². The summed E-state index contributed by atoms with van der Waals surface area (Å²) >= 11 is 1.39. The van der Waals surface area contributed by atoms with E-state index in [4.69, 9.17) is 14.9 Å². The van der Waals surface area contributed by atoms with Crippen molar-refractivity contribution in [3.05, 3.63) is 34.8 Å². The SMILES string of the molecule is Cc1sc(-c2ccc(OCCCCCCCCCCO)cc2)nc1C(=O)O. The zero-order valence-corrected chi connectivity index (χ0v) is 16.8. The number of aromatic nitrogens is 1. The van der Waals surface area contributed by atoms with E-state index in [-0.39, 0.29) is 5.69 Å². The molecule has 0 saturated heterocycles. The first-order valence-electron chi connectivity index (χ1n) is 9.66. The molecule has 0 saturated carbocycles. The molecular formula is C21H29NO4S. The Kier molecular flexibility index (Phi) is 9.28. The zero-order valence-electron chi connectivity index (χ0n) is 15.9. The van der Waals surface area contributed by atoms with Crippen LogP contribution in [-0.4, -0.2) is 34.4 Å². The third kappa shape index (κ3) is 7.31. The number of nitrogens with zero attached hydrogens (tertiary/aromatic N) is 1. The lowest BCUT2D eigenvalue weighted by atomic mass is 10.1. The van der Waals surface area contributed by atoms with Crippen molar-refractivity contribution in [2.45, 2.75) is 58.3 Å². The van der Waals surface area contributed by atoms with E-state index < -0.39 is 5.97 Å². The van der Waals surface area contributed by atoms with Crippen LogP contribution in [0.1, 0.15) is 66.7 Å². The van der Waals surface area contributed by atoms with Crippen LogP contribution in [0.5, 0.6) is 5.75 Å². The molecule has 1 aromatic carbocycles. The maximum atomic E-state index is 11.1.